The quantitative estimate of drug-likeness (QED) is 0.871. The van der Waals surface area contributed by atoms with Crippen molar-refractivity contribution in [3.8, 4) is 0 Å². The fraction of sp³-hybridized carbons (Fsp3) is 0.667. The predicted molar refractivity (Wildman–Crippen MR) is 101 cm³/mol. The zero-order valence-electron chi connectivity index (χ0n) is 15.5. The molecule has 4 rings (SSSR count). The predicted octanol–water partition coefficient (Wildman–Crippen LogP) is 1.65. The molecule has 8 nitrogen and oxygen atoms in total. The first-order valence-electron chi connectivity index (χ1n) is 9.71. The van der Waals surface area contributed by atoms with Gasteiger partial charge in [-0.05, 0) is 45.7 Å². The van der Waals surface area contributed by atoms with E-state index in [1.165, 1.54) is 32.3 Å². The van der Waals surface area contributed by atoms with Crippen LogP contribution in [0.25, 0.3) is 0 Å². The number of hydrogen-bond donors (Lipinski definition) is 1. The Bertz CT molecular complexity index is 729. The number of aromatic nitrogens is 5. The first-order valence-corrected chi connectivity index (χ1v) is 9.71. The van der Waals surface area contributed by atoms with Crippen molar-refractivity contribution in [1.82, 2.24) is 29.6 Å². The van der Waals surface area contributed by atoms with Gasteiger partial charge in [0.25, 0.3) is 0 Å². The maximum Gasteiger partial charge on any atom is 0.147 e. The zero-order valence-corrected chi connectivity index (χ0v) is 15.5. The molecule has 0 atom stereocenters. The van der Waals surface area contributed by atoms with Gasteiger partial charge in [0.1, 0.15) is 29.6 Å². The highest BCUT2D eigenvalue weighted by Crippen LogP contribution is 2.29. The van der Waals surface area contributed by atoms with Crippen LogP contribution in [-0.2, 0) is 13.1 Å². The van der Waals surface area contributed by atoms with Crippen molar-refractivity contribution in [3.05, 3.63) is 24.0 Å². The molecule has 26 heavy (non-hydrogen) atoms. The summed E-state index contributed by atoms with van der Waals surface area (Å²) in [7, 11) is 0. The summed E-state index contributed by atoms with van der Waals surface area (Å²) in [6, 6.07) is 1.85. The molecule has 2 saturated heterocycles. The molecule has 2 aromatic rings. The second-order valence-electron chi connectivity index (χ2n) is 7.26. The van der Waals surface area contributed by atoms with Crippen molar-refractivity contribution in [2.45, 2.75) is 51.6 Å². The Morgan fingerprint density at radius 2 is 1.85 bits per heavy atom. The highest BCUT2D eigenvalue weighted by molar-refractivity contribution is 5.46. The number of nitrogens with zero attached hydrogens (tertiary/aromatic N) is 7. The van der Waals surface area contributed by atoms with Crippen LogP contribution in [0.3, 0.4) is 0 Å². The highest BCUT2D eigenvalue weighted by atomic mass is 15.3. The standard InChI is InChI=1S/C18H28N8/c1-2-26-17(12-24-7-3-4-8-24)22-23-18(26)14-5-9-25(10-6-14)16-11-15(19)20-13-21-16/h11,13-14H,2-10,12H2,1H3,(H2,19,20,21). The first-order chi connectivity index (χ1) is 12.7. The van der Waals surface area contributed by atoms with Crippen LogP contribution in [-0.4, -0.2) is 55.8 Å². The van der Waals surface area contributed by atoms with E-state index in [4.69, 9.17) is 5.73 Å². The summed E-state index contributed by atoms with van der Waals surface area (Å²) in [4.78, 5) is 13.1. The third-order valence-electron chi connectivity index (χ3n) is 5.59. The van der Waals surface area contributed by atoms with Gasteiger partial charge in [-0.2, -0.15) is 0 Å². The van der Waals surface area contributed by atoms with Crippen molar-refractivity contribution in [2.75, 3.05) is 36.8 Å². The number of nitrogens with two attached hydrogens (primary N) is 1. The van der Waals surface area contributed by atoms with Crippen LogP contribution < -0.4 is 10.6 Å². The third kappa shape index (κ3) is 3.51. The van der Waals surface area contributed by atoms with Crippen LogP contribution in [0.1, 0.15) is 50.2 Å². The fourth-order valence-electron chi connectivity index (χ4n) is 4.15. The van der Waals surface area contributed by atoms with Crippen molar-refractivity contribution in [2.24, 2.45) is 0 Å². The Balaban J connectivity index is 1.43. The highest BCUT2D eigenvalue weighted by Gasteiger charge is 2.27. The third-order valence-corrected chi connectivity index (χ3v) is 5.59. The normalized spacial score (nSPS) is 19.3. The van der Waals surface area contributed by atoms with E-state index in [1.54, 1.807) is 0 Å². The van der Waals surface area contributed by atoms with Gasteiger partial charge in [0.15, 0.2) is 0 Å². The molecule has 0 radical (unpaired) electrons. The second kappa shape index (κ2) is 7.57. The average molecular weight is 356 g/mol. The zero-order chi connectivity index (χ0) is 17.9. The number of rotatable bonds is 5. The summed E-state index contributed by atoms with van der Waals surface area (Å²) >= 11 is 0. The number of hydrogen-bond acceptors (Lipinski definition) is 7. The van der Waals surface area contributed by atoms with Crippen molar-refractivity contribution in [1.29, 1.82) is 0 Å². The minimum atomic E-state index is 0.463. The first kappa shape index (κ1) is 17.2. The summed E-state index contributed by atoms with van der Waals surface area (Å²) in [5, 5.41) is 9.12. The van der Waals surface area contributed by atoms with Gasteiger partial charge in [0.05, 0.1) is 6.54 Å². The van der Waals surface area contributed by atoms with Gasteiger partial charge < -0.3 is 15.2 Å². The van der Waals surface area contributed by atoms with Gasteiger partial charge in [0.2, 0.25) is 0 Å². The van der Waals surface area contributed by atoms with Gasteiger partial charge >= 0.3 is 0 Å². The molecular weight excluding hydrogens is 328 g/mol. The molecule has 0 saturated carbocycles. The molecule has 0 aromatic carbocycles. The Morgan fingerprint density at radius 3 is 2.54 bits per heavy atom. The summed E-state index contributed by atoms with van der Waals surface area (Å²) in [6.07, 6.45) is 6.27. The molecule has 0 aliphatic carbocycles. The second-order valence-corrected chi connectivity index (χ2v) is 7.26. The van der Waals surface area contributed by atoms with E-state index in [0.717, 1.165) is 56.5 Å². The van der Waals surface area contributed by atoms with Crippen LogP contribution in [0.4, 0.5) is 11.6 Å². The van der Waals surface area contributed by atoms with E-state index in [1.807, 2.05) is 6.07 Å². The lowest BCUT2D eigenvalue weighted by atomic mass is 9.96. The lowest BCUT2D eigenvalue weighted by Gasteiger charge is -2.32. The van der Waals surface area contributed by atoms with Gasteiger partial charge in [-0.1, -0.05) is 0 Å². The SMILES string of the molecule is CCn1c(CN2CCCC2)nnc1C1CCN(c2cc(N)ncn2)CC1. The number of likely N-dealkylation sites (tertiary alicyclic amines) is 1. The minimum Gasteiger partial charge on any atom is -0.384 e. The van der Waals surface area contributed by atoms with Gasteiger partial charge in [-0.3, -0.25) is 4.90 Å². The molecule has 140 valence electrons. The summed E-state index contributed by atoms with van der Waals surface area (Å²) in [5.41, 5.74) is 5.79. The summed E-state index contributed by atoms with van der Waals surface area (Å²) in [5.74, 6) is 4.18. The topological polar surface area (TPSA) is 89.0 Å². The lowest BCUT2D eigenvalue weighted by molar-refractivity contribution is 0.315. The van der Waals surface area contributed by atoms with Crippen LogP contribution in [0.15, 0.2) is 12.4 Å². The minimum absolute atomic E-state index is 0.463. The van der Waals surface area contributed by atoms with E-state index < -0.39 is 0 Å². The Morgan fingerprint density at radius 1 is 1.08 bits per heavy atom. The van der Waals surface area contributed by atoms with E-state index in [2.05, 4.69) is 41.5 Å². The maximum atomic E-state index is 5.79. The summed E-state index contributed by atoms with van der Waals surface area (Å²) in [6.45, 7) is 8.35. The van der Waals surface area contributed by atoms with Crippen LogP contribution in [0, 0.1) is 0 Å². The van der Waals surface area contributed by atoms with Crippen LogP contribution in [0.2, 0.25) is 0 Å². The molecule has 2 N–H and O–H groups in total. The molecule has 0 unspecified atom stereocenters. The van der Waals surface area contributed by atoms with Crippen LogP contribution in [0.5, 0.6) is 0 Å². The fourth-order valence-corrected chi connectivity index (χ4v) is 4.15. The van der Waals surface area contributed by atoms with Gasteiger partial charge in [0, 0.05) is 31.6 Å². The molecule has 2 aliphatic rings. The van der Waals surface area contributed by atoms with E-state index >= 15 is 0 Å². The van der Waals surface area contributed by atoms with Gasteiger partial charge in [-0.25, -0.2) is 9.97 Å². The average Bonchev–Trinajstić information content (AvgIpc) is 3.32. The smallest absolute Gasteiger partial charge is 0.147 e. The molecule has 4 heterocycles. The van der Waals surface area contributed by atoms with Crippen molar-refractivity contribution >= 4 is 11.6 Å². The molecule has 0 spiro atoms. The van der Waals surface area contributed by atoms with Crippen molar-refractivity contribution in [3.63, 3.8) is 0 Å². The van der Waals surface area contributed by atoms with E-state index in [9.17, 15) is 0 Å². The number of nitrogen functional groups attached to an aromatic ring is 1. The van der Waals surface area contributed by atoms with Gasteiger partial charge in [-0.15, -0.1) is 10.2 Å². The summed E-state index contributed by atoms with van der Waals surface area (Å²) < 4.78 is 2.33. The molecular formula is C18H28N8. The number of anilines is 2. The molecule has 8 heteroatoms. The Labute approximate surface area is 154 Å². The monoisotopic (exact) mass is 356 g/mol. The lowest BCUT2D eigenvalue weighted by Crippen LogP contribution is -2.34. The van der Waals surface area contributed by atoms with Crippen molar-refractivity contribution < 1.29 is 0 Å². The maximum absolute atomic E-state index is 5.79. The number of piperidine rings is 1. The van der Waals surface area contributed by atoms with E-state index in [-0.39, 0.29) is 0 Å². The Hall–Kier alpha value is -2.22. The Kier molecular flexibility index (Phi) is 5.01. The molecule has 0 amide bonds. The molecule has 2 aliphatic heterocycles. The molecule has 2 aromatic heterocycles. The van der Waals surface area contributed by atoms with E-state index in [0.29, 0.717) is 11.7 Å². The van der Waals surface area contributed by atoms with Crippen LogP contribution >= 0.6 is 0 Å². The largest absolute Gasteiger partial charge is 0.384 e. The molecule has 0 bridgehead atoms. The molecule has 2 fully saturated rings.